The predicted octanol–water partition coefficient (Wildman–Crippen LogP) is 3.04. The number of anilines is 1. The van der Waals surface area contributed by atoms with Gasteiger partial charge in [0.2, 0.25) is 5.91 Å². The number of amides is 3. The summed E-state index contributed by atoms with van der Waals surface area (Å²) in [7, 11) is 3.08. The van der Waals surface area contributed by atoms with Gasteiger partial charge in [-0.2, -0.15) is 0 Å². The van der Waals surface area contributed by atoms with Crippen molar-refractivity contribution in [2.45, 2.75) is 45.1 Å². The number of aryl methyl sites for hydroxylation is 1. The van der Waals surface area contributed by atoms with Crippen molar-refractivity contribution in [2.24, 2.45) is 5.92 Å². The van der Waals surface area contributed by atoms with Crippen molar-refractivity contribution in [3.05, 3.63) is 29.3 Å². The number of benzene rings is 1. The Morgan fingerprint density at radius 1 is 1.29 bits per heavy atom. The largest absolute Gasteiger partial charge is 0.465 e. The Labute approximate surface area is 166 Å². The van der Waals surface area contributed by atoms with E-state index in [1.165, 1.54) is 20.0 Å². The van der Waals surface area contributed by atoms with Crippen LogP contribution in [0.4, 0.5) is 10.5 Å². The molecule has 3 amide bonds. The number of nitrogens with zero attached hydrogens (tertiary/aromatic N) is 2. The third-order valence-electron chi connectivity index (χ3n) is 5.77. The number of rotatable bonds is 5. The summed E-state index contributed by atoms with van der Waals surface area (Å²) in [6, 6.07) is 5.20. The second-order valence-corrected chi connectivity index (χ2v) is 7.89. The molecule has 1 aromatic rings. The normalized spacial score (nSPS) is 19.8. The smallest absolute Gasteiger partial charge is 0.337 e. The van der Waals surface area contributed by atoms with Gasteiger partial charge >= 0.3 is 12.0 Å². The first-order valence-electron chi connectivity index (χ1n) is 9.89. The molecule has 0 radical (unpaired) electrons. The fourth-order valence-electron chi connectivity index (χ4n) is 4.23. The van der Waals surface area contributed by atoms with E-state index in [9.17, 15) is 14.4 Å². The van der Waals surface area contributed by atoms with E-state index in [4.69, 9.17) is 4.74 Å². The average molecular weight is 387 g/mol. The van der Waals surface area contributed by atoms with Gasteiger partial charge < -0.3 is 19.9 Å². The lowest BCUT2D eigenvalue weighted by Gasteiger charge is -2.25. The molecule has 1 saturated heterocycles. The predicted molar refractivity (Wildman–Crippen MR) is 106 cm³/mol. The fraction of sp³-hybridized carbons (Fsp3) is 0.571. The first-order chi connectivity index (χ1) is 13.4. The minimum absolute atomic E-state index is 0.173. The Morgan fingerprint density at radius 3 is 2.64 bits per heavy atom. The summed E-state index contributed by atoms with van der Waals surface area (Å²) in [6.07, 6.45) is 5.14. The van der Waals surface area contributed by atoms with Crippen LogP contribution in [0.3, 0.4) is 0 Å². The van der Waals surface area contributed by atoms with Crippen molar-refractivity contribution < 1.29 is 19.1 Å². The molecule has 1 N–H and O–H groups in total. The molecule has 1 aliphatic carbocycles. The number of hydrogen-bond donors (Lipinski definition) is 1. The zero-order valence-corrected chi connectivity index (χ0v) is 16.9. The molecule has 1 aromatic carbocycles. The van der Waals surface area contributed by atoms with E-state index in [-0.39, 0.29) is 17.9 Å². The number of carbonyl (C=O) groups is 3. The molecular formula is C21H29N3O4. The van der Waals surface area contributed by atoms with Crippen molar-refractivity contribution >= 4 is 23.6 Å². The third kappa shape index (κ3) is 4.46. The second-order valence-electron chi connectivity index (χ2n) is 7.89. The summed E-state index contributed by atoms with van der Waals surface area (Å²) in [6.45, 7) is 3.12. The standard InChI is InChI=1S/C21H29N3O4/c1-14-10-16(20(26)28-3)8-9-18(14)22-21(27)23(2)12-15-11-19(25)24(13-15)17-6-4-5-7-17/h8-10,15,17H,4-7,11-13H2,1-3H3,(H,22,27). The van der Waals surface area contributed by atoms with Gasteiger partial charge in [0.05, 0.1) is 12.7 Å². The van der Waals surface area contributed by atoms with Gasteiger partial charge in [0.15, 0.2) is 0 Å². The highest BCUT2D eigenvalue weighted by Gasteiger charge is 2.36. The Bertz CT molecular complexity index is 758. The highest BCUT2D eigenvalue weighted by atomic mass is 16.5. The zero-order valence-electron chi connectivity index (χ0n) is 16.9. The van der Waals surface area contributed by atoms with Crippen LogP contribution in [-0.4, -0.2) is 61.0 Å². The molecule has 1 saturated carbocycles. The van der Waals surface area contributed by atoms with Crippen LogP contribution >= 0.6 is 0 Å². The second kappa shape index (κ2) is 8.63. The van der Waals surface area contributed by atoms with Gasteiger partial charge in [-0.1, -0.05) is 12.8 Å². The number of hydrogen-bond acceptors (Lipinski definition) is 4. The number of nitrogens with one attached hydrogen (secondary N) is 1. The molecule has 1 heterocycles. The Morgan fingerprint density at radius 2 is 2.00 bits per heavy atom. The lowest BCUT2D eigenvalue weighted by Crippen LogP contribution is -2.38. The highest BCUT2D eigenvalue weighted by Crippen LogP contribution is 2.29. The monoisotopic (exact) mass is 387 g/mol. The highest BCUT2D eigenvalue weighted by molar-refractivity contribution is 5.93. The van der Waals surface area contributed by atoms with E-state index in [1.807, 2.05) is 11.8 Å². The van der Waals surface area contributed by atoms with Crippen molar-refractivity contribution in [3.63, 3.8) is 0 Å². The Hall–Kier alpha value is -2.57. The maximum absolute atomic E-state index is 12.6. The van der Waals surface area contributed by atoms with Gasteiger partial charge in [0.25, 0.3) is 0 Å². The molecule has 1 unspecified atom stereocenters. The molecule has 1 aliphatic heterocycles. The maximum atomic E-state index is 12.6. The quantitative estimate of drug-likeness (QED) is 0.788. The minimum Gasteiger partial charge on any atom is -0.465 e. The van der Waals surface area contributed by atoms with Gasteiger partial charge in [-0.25, -0.2) is 9.59 Å². The number of methoxy groups -OCH3 is 1. The van der Waals surface area contributed by atoms with E-state index < -0.39 is 5.97 Å². The average Bonchev–Trinajstić information content (AvgIpc) is 3.32. The first kappa shape index (κ1) is 20.2. The van der Waals surface area contributed by atoms with Crippen LogP contribution in [0.5, 0.6) is 0 Å². The SMILES string of the molecule is COC(=O)c1ccc(NC(=O)N(C)CC2CC(=O)N(C3CCCC3)C2)c(C)c1. The molecule has 2 aliphatic rings. The topological polar surface area (TPSA) is 79.0 Å². The third-order valence-corrected chi connectivity index (χ3v) is 5.77. The summed E-state index contributed by atoms with van der Waals surface area (Å²) in [4.78, 5) is 40.2. The van der Waals surface area contributed by atoms with E-state index >= 15 is 0 Å². The van der Waals surface area contributed by atoms with Crippen LogP contribution in [-0.2, 0) is 9.53 Å². The lowest BCUT2D eigenvalue weighted by molar-refractivity contribution is -0.129. The van der Waals surface area contributed by atoms with Gasteiger partial charge in [0, 0.05) is 44.2 Å². The van der Waals surface area contributed by atoms with E-state index in [0.29, 0.717) is 30.3 Å². The van der Waals surface area contributed by atoms with Gasteiger partial charge in [-0.3, -0.25) is 4.79 Å². The molecule has 1 atom stereocenters. The Balaban J connectivity index is 1.55. The van der Waals surface area contributed by atoms with E-state index in [2.05, 4.69) is 5.32 Å². The molecular weight excluding hydrogens is 358 g/mol. The molecule has 0 spiro atoms. The molecule has 0 aromatic heterocycles. The van der Waals surface area contributed by atoms with Gasteiger partial charge in [-0.15, -0.1) is 0 Å². The van der Waals surface area contributed by atoms with Crippen molar-refractivity contribution in [1.82, 2.24) is 9.80 Å². The lowest BCUT2D eigenvalue weighted by atomic mass is 10.1. The Kier molecular flexibility index (Phi) is 6.21. The van der Waals surface area contributed by atoms with E-state index in [0.717, 1.165) is 24.9 Å². The minimum atomic E-state index is -0.407. The van der Waals surface area contributed by atoms with Gasteiger partial charge in [-0.05, 0) is 43.5 Å². The number of esters is 1. The summed E-state index contributed by atoms with van der Waals surface area (Å²) in [5.41, 5.74) is 1.88. The van der Waals surface area contributed by atoms with Crippen LogP contribution in [0.25, 0.3) is 0 Å². The van der Waals surface area contributed by atoms with Crippen LogP contribution in [0.2, 0.25) is 0 Å². The molecule has 7 heteroatoms. The maximum Gasteiger partial charge on any atom is 0.337 e. The zero-order chi connectivity index (χ0) is 20.3. The molecule has 152 valence electrons. The summed E-state index contributed by atoms with van der Waals surface area (Å²) >= 11 is 0. The van der Waals surface area contributed by atoms with Crippen molar-refractivity contribution in [3.8, 4) is 0 Å². The van der Waals surface area contributed by atoms with Crippen molar-refractivity contribution in [1.29, 1.82) is 0 Å². The van der Waals surface area contributed by atoms with E-state index in [1.54, 1.807) is 30.1 Å². The first-order valence-corrected chi connectivity index (χ1v) is 9.89. The number of likely N-dealkylation sites (tertiary alicyclic amines) is 1. The number of ether oxygens (including phenoxy) is 1. The number of carbonyl (C=O) groups excluding carboxylic acids is 3. The molecule has 7 nitrogen and oxygen atoms in total. The van der Waals surface area contributed by atoms with Crippen molar-refractivity contribution in [2.75, 3.05) is 32.6 Å². The van der Waals surface area contributed by atoms with Gasteiger partial charge in [0.1, 0.15) is 0 Å². The van der Waals surface area contributed by atoms with Crippen LogP contribution in [0.1, 0.15) is 48.0 Å². The van der Waals surface area contributed by atoms with Crippen LogP contribution in [0.15, 0.2) is 18.2 Å². The molecule has 2 fully saturated rings. The number of urea groups is 1. The summed E-state index contributed by atoms with van der Waals surface area (Å²) in [5, 5.41) is 2.88. The molecule has 3 rings (SSSR count). The molecule has 0 bridgehead atoms. The van der Waals surface area contributed by atoms with Crippen LogP contribution < -0.4 is 5.32 Å². The summed E-state index contributed by atoms with van der Waals surface area (Å²) in [5.74, 6) is -0.0117. The molecule has 28 heavy (non-hydrogen) atoms. The fourth-order valence-corrected chi connectivity index (χ4v) is 4.23. The van der Waals surface area contributed by atoms with Crippen LogP contribution in [0, 0.1) is 12.8 Å². The summed E-state index contributed by atoms with van der Waals surface area (Å²) < 4.78 is 4.71.